The third kappa shape index (κ3) is 2.80. The van der Waals surface area contributed by atoms with Crippen LogP contribution >= 0.6 is 11.6 Å². The van der Waals surface area contributed by atoms with Crippen molar-refractivity contribution in [1.29, 1.82) is 0 Å². The van der Waals surface area contributed by atoms with Crippen LogP contribution < -0.4 is 4.90 Å². The summed E-state index contributed by atoms with van der Waals surface area (Å²) in [6, 6.07) is 3.58. The minimum absolute atomic E-state index is 0.159. The molecule has 2 aromatic heterocycles. The Labute approximate surface area is 111 Å². The molecule has 0 fully saturated rings. The summed E-state index contributed by atoms with van der Waals surface area (Å²) < 4.78 is 1.76. The summed E-state index contributed by atoms with van der Waals surface area (Å²) >= 11 is 5.91. The Bertz CT molecular complexity index is 541. The maximum absolute atomic E-state index is 9.14. The van der Waals surface area contributed by atoms with Gasteiger partial charge in [0.25, 0.3) is 0 Å². The zero-order chi connectivity index (χ0) is 13.1. The highest BCUT2D eigenvalue weighted by molar-refractivity contribution is 6.31. The number of hydrogen-bond donors (Lipinski definition) is 1. The average Bonchev–Trinajstić information content (AvgIpc) is 2.75. The van der Waals surface area contributed by atoms with Crippen molar-refractivity contribution in [2.45, 2.75) is 13.2 Å². The number of aliphatic hydroxyl groups excluding tert-OH is 1. The Morgan fingerprint density at radius 3 is 2.83 bits per heavy atom. The molecule has 0 amide bonds. The number of aliphatic hydroxyl groups is 1. The first-order chi connectivity index (χ1) is 8.60. The van der Waals surface area contributed by atoms with Crippen LogP contribution in [0.3, 0.4) is 0 Å². The Morgan fingerprint density at radius 2 is 2.22 bits per heavy atom. The van der Waals surface area contributed by atoms with Crippen LogP contribution in [0.15, 0.2) is 24.5 Å². The first-order valence-corrected chi connectivity index (χ1v) is 5.93. The second-order valence-electron chi connectivity index (χ2n) is 4.13. The highest BCUT2D eigenvalue weighted by Crippen LogP contribution is 2.19. The molecule has 1 N–H and O–H groups in total. The van der Waals surface area contributed by atoms with E-state index >= 15 is 0 Å². The fourth-order valence-electron chi connectivity index (χ4n) is 1.70. The van der Waals surface area contributed by atoms with E-state index in [0.717, 1.165) is 11.4 Å². The van der Waals surface area contributed by atoms with Gasteiger partial charge in [0.15, 0.2) is 0 Å². The van der Waals surface area contributed by atoms with Crippen molar-refractivity contribution in [3.05, 3.63) is 40.8 Å². The molecule has 18 heavy (non-hydrogen) atoms. The number of rotatable bonds is 4. The molecule has 0 aromatic carbocycles. The topological polar surface area (TPSA) is 54.2 Å². The van der Waals surface area contributed by atoms with Crippen LogP contribution in [0.5, 0.6) is 0 Å². The lowest BCUT2D eigenvalue weighted by Gasteiger charge is -2.18. The van der Waals surface area contributed by atoms with Crippen LogP contribution in [0.25, 0.3) is 0 Å². The molecule has 0 saturated carbocycles. The summed E-state index contributed by atoms with van der Waals surface area (Å²) in [5.74, 6) is 0.771. The summed E-state index contributed by atoms with van der Waals surface area (Å²) in [6.07, 6.45) is 3.78. The molecule has 2 aromatic rings. The zero-order valence-electron chi connectivity index (χ0n) is 10.3. The number of aryl methyl sites for hydroxylation is 1. The van der Waals surface area contributed by atoms with E-state index in [2.05, 4.69) is 10.1 Å². The van der Waals surface area contributed by atoms with E-state index in [9.17, 15) is 0 Å². The van der Waals surface area contributed by atoms with E-state index in [1.54, 1.807) is 10.7 Å². The molecule has 0 aliphatic rings. The van der Waals surface area contributed by atoms with Gasteiger partial charge in [-0.25, -0.2) is 4.98 Å². The highest BCUT2D eigenvalue weighted by Gasteiger charge is 2.08. The predicted octanol–water partition coefficient (Wildman–Crippen LogP) is 1.60. The van der Waals surface area contributed by atoms with E-state index in [-0.39, 0.29) is 6.61 Å². The van der Waals surface area contributed by atoms with Crippen molar-refractivity contribution in [2.24, 2.45) is 7.05 Å². The van der Waals surface area contributed by atoms with Gasteiger partial charge in [-0.05, 0) is 12.1 Å². The van der Waals surface area contributed by atoms with E-state index in [1.165, 1.54) is 0 Å². The summed E-state index contributed by atoms with van der Waals surface area (Å²) in [5.41, 5.74) is 1.59. The van der Waals surface area contributed by atoms with Crippen LogP contribution in [0.1, 0.15) is 11.3 Å². The zero-order valence-corrected chi connectivity index (χ0v) is 11.1. The molecule has 0 spiro atoms. The molecule has 0 unspecified atom stereocenters. The SMILES string of the molecule is CN(Cc1cnn(C)c1)c1ccc(Cl)c(CO)n1. The summed E-state index contributed by atoms with van der Waals surface area (Å²) in [4.78, 5) is 6.29. The molecule has 2 rings (SSSR count). The second-order valence-corrected chi connectivity index (χ2v) is 4.54. The van der Waals surface area contributed by atoms with Crippen LogP contribution in [0.2, 0.25) is 5.02 Å². The molecular formula is C12H15ClN4O. The fraction of sp³-hybridized carbons (Fsp3) is 0.333. The van der Waals surface area contributed by atoms with Gasteiger partial charge in [0.05, 0.1) is 23.5 Å². The molecule has 0 saturated heterocycles. The maximum atomic E-state index is 9.14. The lowest BCUT2D eigenvalue weighted by molar-refractivity contribution is 0.277. The Hall–Kier alpha value is -1.59. The van der Waals surface area contributed by atoms with Gasteiger partial charge < -0.3 is 10.0 Å². The minimum Gasteiger partial charge on any atom is -0.390 e. The standard InChI is InChI=1S/C12H15ClN4O/c1-16(6-9-5-14-17(2)7-9)12-4-3-10(13)11(8-18)15-12/h3-5,7,18H,6,8H2,1-2H3. The first kappa shape index (κ1) is 12.9. The molecular weight excluding hydrogens is 252 g/mol. The minimum atomic E-state index is -0.159. The molecule has 0 atom stereocenters. The van der Waals surface area contributed by atoms with Crippen LogP contribution in [0, 0.1) is 0 Å². The van der Waals surface area contributed by atoms with E-state index in [1.807, 2.05) is 37.5 Å². The second kappa shape index (κ2) is 5.37. The monoisotopic (exact) mass is 266 g/mol. The number of nitrogens with zero attached hydrogens (tertiary/aromatic N) is 4. The van der Waals surface area contributed by atoms with E-state index in [4.69, 9.17) is 16.7 Å². The predicted molar refractivity (Wildman–Crippen MR) is 70.5 cm³/mol. The van der Waals surface area contributed by atoms with Gasteiger partial charge >= 0.3 is 0 Å². The van der Waals surface area contributed by atoms with Gasteiger partial charge in [-0.1, -0.05) is 11.6 Å². The molecule has 0 aliphatic heterocycles. The first-order valence-electron chi connectivity index (χ1n) is 5.55. The third-order valence-corrected chi connectivity index (χ3v) is 2.97. The van der Waals surface area contributed by atoms with Crippen molar-refractivity contribution in [2.75, 3.05) is 11.9 Å². The van der Waals surface area contributed by atoms with Crippen molar-refractivity contribution < 1.29 is 5.11 Å². The van der Waals surface area contributed by atoms with Crippen molar-refractivity contribution in [3.8, 4) is 0 Å². The van der Waals surface area contributed by atoms with Gasteiger partial charge in [0, 0.05) is 32.4 Å². The van der Waals surface area contributed by atoms with Crippen molar-refractivity contribution >= 4 is 17.4 Å². The number of anilines is 1. The van der Waals surface area contributed by atoms with Crippen molar-refractivity contribution in [3.63, 3.8) is 0 Å². The smallest absolute Gasteiger partial charge is 0.129 e. The van der Waals surface area contributed by atoms with Gasteiger partial charge in [-0.15, -0.1) is 0 Å². The van der Waals surface area contributed by atoms with Gasteiger partial charge in [-0.3, -0.25) is 4.68 Å². The summed E-state index contributed by atoms with van der Waals surface area (Å²) in [5, 5.41) is 13.7. The van der Waals surface area contributed by atoms with E-state index in [0.29, 0.717) is 17.3 Å². The molecule has 0 radical (unpaired) electrons. The summed E-state index contributed by atoms with van der Waals surface area (Å²) in [7, 11) is 3.82. The third-order valence-electron chi connectivity index (χ3n) is 2.62. The van der Waals surface area contributed by atoms with Gasteiger partial charge in [-0.2, -0.15) is 5.10 Å². The van der Waals surface area contributed by atoms with Crippen LogP contribution in [0.4, 0.5) is 5.82 Å². The summed E-state index contributed by atoms with van der Waals surface area (Å²) in [6.45, 7) is 0.542. The molecule has 0 aliphatic carbocycles. The van der Waals surface area contributed by atoms with E-state index < -0.39 is 0 Å². The Morgan fingerprint density at radius 1 is 1.44 bits per heavy atom. The quantitative estimate of drug-likeness (QED) is 0.913. The lowest BCUT2D eigenvalue weighted by Crippen LogP contribution is -2.18. The number of aromatic nitrogens is 3. The molecule has 0 bridgehead atoms. The average molecular weight is 267 g/mol. The van der Waals surface area contributed by atoms with Crippen LogP contribution in [-0.4, -0.2) is 26.9 Å². The lowest BCUT2D eigenvalue weighted by atomic mass is 10.3. The molecule has 96 valence electrons. The van der Waals surface area contributed by atoms with Crippen LogP contribution in [-0.2, 0) is 20.2 Å². The normalized spacial score (nSPS) is 10.7. The molecule has 5 nitrogen and oxygen atoms in total. The Balaban J connectivity index is 2.15. The fourth-order valence-corrected chi connectivity index (χ4v) is 1.87. The number of halogens is 1. The molecule has 2 heterocycles. The number of pyridine rings is 1. The van der Waals surface area contributed by atoms with Gasteiger partial charge in [0.2, 0.25) is 0 Å². The highest BCUT2D eigenvalue weighted by atomic mass is 35.5. The molecule has 6 heteroatoms. The van der Waals surface area contributed by atoms with Crippen molar-refractivity contribution in [1.82, 2.24) is 14.8 Å². The largest absolute Gasteiger partial charge is 0.390 e. The number of hydrogen-bond acceptors (Lipinski definition) is 4. The van der Waals surface area contributed by atoms with Gasteiger partial charge in [0.1, 0.15) is 5.82 Å². The maximum Gasteiger partial charge on any atom is 0.129 e. The Kier molecular flexibility index (Phi) is 3.84.